The minimum absolute atomic E-state index is 0.0551. The van der Waals surface area contributed by atoms with Crippen LogP contribution in [0.5, 0.6) is 0 Å². The second-order valence-corrected chi connectivity index (χ2v) is 19.1. The van der Waals surface area contributed by atoms with Gasteiger partial charge in [-0.15, -0.1) is 28.6 Å². The van der Waals surface area contributed by atoms with Crippen molar-refractivity contribution in [2.24, 2.45) is 21.1 Å². The van der Waals surface area contributed by atoms with E-state index >= 15 is 0 Å². The van der Waals surface area contributed by atoms with Crippen molar-refractivity contribution in [3.05, 3.63) is 167 Å². The monoisotopic (exact) mass is 914 g/mol. The Labute approximate surface area is 392 Å². The Balaban J connectivity index is 1.06. The molecule has 11 heterocycles. The first-order valence-corrected chi connectivity index (χ1v) is 23.6. The summed E-state index contributed by atoms with van der Waals surface area (Å²) in [5.41, 5.74) is 16.1. The van der Waals surface area contributed by atoms with Crippen molar-refractivity contribution in [3.63, 3.8) is 0 Å². The first kappa shape index (κ1) is 40.5. The fraction of sp³-hybridized carbons (Fsp3) is 0.0962. The van der Waals surface area contributed by atoms with Gasteiger partial charge in [0.1, 0.15) is 26.8 Å². The number of carbonyl (C=O) groups is 2. The lowest BCUT2D eigenvalue weighted by atomic mass is 10.0. The molecule has 8 aromatic rings. The molecule has 4 aliphatic rings. The van der Waals surface area contributed by atoms with Gasteiger partial charge >= 0.3 is 0 Å². The number of aryl methyl sites for hydroxylation is 3. The Bertz CT molecular complexity index is 3570. The molecule has 1 aromatic carbocycles. The van der Waals surface area contributed by atoms with Crippen LogP contribution in [0, 0.1) is 0 Å². The summed E-state index contributed by atoms with van der Waals surface area (Å²) < 4.78 is 7.75. The molecule has 0 radical (unpaired) electrons. The highest BCUT2D eigenvalue weighted by molar-refractivity contribution is 8.23. The predicted octanol–water partition coefficient (Wildman–Crippen LogP) is 7.90. The molecule has 2 N–H and O–H groups in total. The van der Waals surface area contributed by atoms with Gasteiger partial charge in [-0.05, 0) is 83.0 Å². The quantitative estimate of drug-likeness (QED) is 0.122. The van der Waals surface area contributed by atoms with Crippen molar-refractivity contribution in [2.45, 2.75) is 6.54 Å². The smallest absolute Gasteiger partial charge is 0.268 e. The number of aromatic nitrogens is 10. The molecule has 67 heavy (non-hydrogen) atoms. The van der Waals surface area contributed by atoms with E-state index in [9.17, 15) is 9.59 Å². The van der Waals surface area contributed by atoms with Crippen LogP contribution in [-0.4, -0.2) is 56.7 Å². The van der Waals surface area contributed by atoms with E-state index < -0.39 is 0 Å². The lowest BCUT2D eigenvalue weighted by Gasteiger charge is -2.13. The molecule has 0 fully saturated rings. The number of pyridine rings is 3. The van der Waals surface area contributed by atoms with Gasteiger partial charge in [-0.3, -0.25) is 14.5 Å². The average Bonchev–Trinajstić information content (AvgIpc) is 4.21. The van der Waals surface area contributed by atoms with E-state index in [0.717, 1.165) is 95.0 Å². The number of hydrogen-bond acceptors (Lipinski definition) is 8. The summed E-state index contributed by atoms with van der Waals surface area (Å²) in [6.45, 7) is 0.0551. The van der Waals surface area contributed by atoms with Gasteiger partial charge < -0.3 is 9.97 Å². The number of benzene rings is 1. The van der Waals surface area contributed by atoms with E-state index in [1.165, 1.54) is 28.4 Å². The van der Waals surface area contributed by atoms with Gasteiger partial charge in [-0.2, -0.15) is 0 Å². The van der Waals surface area contributed by atoms with Gasteiger partial charge in [0.05, 0.1) is 51.0 Å². The Morgan fingerprint density at radius 1 is 0.522 bits per heavy atom. The molecule has 0 unspecified atom stereocenters. The average molecular weight is 915 g/mol. The highest BCUT2D eigenvalue weighted by Gasteiger charge is 2.42. The second kappa shape index (κ2) is 16.2. The molecular formula is C52H40N11O2S2+3. The van der Waals surface area contributed by atoms with Crippen molar-refractivity contribution in [2.75, 3.05) is 5.08 Å². The topological polar surface area (TPSA) is 137 Å². The number of aromatic amines is 2. The lowest BCUT2D eigenvalue weighted by molar-refractivity contribution is -0.671. The van der Waals surface area contributed by atoms with Crippen LogP contribution in [0.4, 0.5) is 0 Å². The number of nitrogens with zero attached hydrogens (tertiary/aromatic N) is 9. The molecule has 13 nitrogen and oxygen atoms in total. The van der Waals surface area contributed by atoms with Gasteiger partial charge in [0, 0.05) is 85.8 Å². The minimum Gasteiger partial charge on any atom is -0.354 e. The molecule has 0 spiro atoms. The molecule has 15 heteroatoms. The largest absolute Gasteiger partial charge is 0.354 e. The lowest BCUT2D eigenvalue weighted by Crippen LogP contribution is -2.31. The molecule has 0 saturated heterocycles. The zero-order valence-corrected chi connectivity index (χ0v) is 38.1. The third kappa shape index (κ3) is 7.19. The number of carbonyl (C=O) groups excluding carboxylic acids is 2. The molecule has 0 aliphatic carbocycles. The van der Waals surface area contributed by atoms with Crippen molar-refractivity contribution >= 4 is 81.7 Å². The van der Waals surface area contributed by atoms with E-state index in [1.54, 1.807) is 10.9 Å². The molecule has 12 rings (SSSR count). The summed E-state index contributed by atoms with van der Waals surface area (Å²) in [7, 11) is 6.05. The maximum atomic E-state index is 13.0. The van der Waals surface area contributed by atoms with Crippen LogP contribution in [-0.2, 0) is 37.3 Å². The molecule has 0 saturated carbocycles. The van der Waals surface area contributed by atoms with Crippen LogP contribution in [0.2, 0.25) is 0 Å². The number of imide groups is 1. The molecule has 7 aromatic heterocycles. The zero-order valence-electron chi connectivity index (χ0n) is 36.5. The number of nitrogens with one attached hydrogen (secondary N) is 2. The zero-order chi connectivity index (χ0) is 45.3. The number of H-pyrrole nitrogens is 2. The maximum Gasteiger partial charge on any atom is 0.268 e. The van der Waals surface area contributed by atoms with E-state index in [1.807, 2.05) is 47.0 Å². The van der Waals surface area contributed by atoms with Crippen LogP contribution in [0.25, 0.3) is 96.6 Å². The first-order valence-electron chi connectivity index (χ1n) is 21.6. The molecule has 8 bridgehead atoms. The Hall–Kier alpha value is -8.01. The highest BCUT2D eigenvalue weighted by Crippen LogP contribution is 2.45. The first-order chi connectivity index (χ1) is 32.7. The van der Waals surface area contributed by atoms with Gasteiger partial charge in [-0.25, -0.2) is 28.4 Å². The summed E-state index contributed by atoms with van der Waals surface area (Å²) in [4.78, 5) is 46.9. The van der Waals surface area contributed by atoms with E-state index in [2.05, 4.69) is 155 Å². The fourth-order valence-corrected chi connectivity index (χ4v) is 11.4. The number of rotatable bonds is 7. The highest BCUT2D eigenvalue weighted by atomic mass is 32.2. The molecule has 4 aliphatic heterocycles. The van der Waals surface area contributed by atoms with Gasteiger partial charge in [0.15, 0.2) is 37.2 Å². The van der Waals surface area contributed by atoms with Crippen LogP contribution < -0.4 is 13.7 Å². The minimum atomic E-state index is -0.263. The van der Waals surface area contributed by atoms with Crippen LogP contribution >= 0.6 is 23.5 Å². The van der Waals surface area contributed by atoms with Gasteiger partial charge in [0.25, 0.3) is 11.8 Å². The SMILES string of the molecule is C[n+]1ccc(-c2c3nc(c(-c4cc[n+](C)cc4)c4ccc([nH]4)c(-c4cc[n+](C)cc4)c4nc(c(-c5ccc(-n6cc(CN7C(=O)C8=C(SCS8)C7=O)nn6)cc5)c5ccc2[nH]5)C=C4)C=C3)cc1. The molecule has 0 atom stereocenters. The third-order valence-corrected chi connectivity index (χ3v) is 14.7. The molecule has 324 valence electrons. The number of amides is 2. The fourth-order valence-electron chi connectivity index (χ4n) is 8.94. The Kier molecular flexibility index (Phi) is 9.76. The van der Waals surface area contributed by atoms with Crippen LogP contribution in [0.15, 0.2) is 138 Å². The predicted molar refractivity (Wildman–Crippen MR) is 262 cm³/mol. The third-order valence-electron chi connectivity index (χ3n) is 12.3. The maximum absolute atomic E-state index is 13.0. The standard InChI is InChI=1S/C52H39N11O2S2/c1-59-22-16-32(17-23-59)46-39-10-8-37(53-39)45(31-4-6-36(7-5-31)63-29-35(57-58-63)28-62-51(64)49-50(52(62)65)67-30-66-49)38-9-11-40(54-38)47(33-18-24-60(2)25-19-33)42-13-15-44(56-42)48(43-14-12-41(46)55-43)34-20-26-61(3)27-21-34/h4-27,29H,28,30H2,1-3H3,(H,53,54,55,56)/q+2/p+1. The Morgan fingerprint density at radius 3 is 1.28 bits per heavy atom. The second-order valence-electron chi connectivity index (χ2n) is 16.7. The van der Waals surface area contributed by atoms with Crippen molar-refractivity contribution in [1.82, 2.24) is 39.8 Å². The van der Waals surface area contributed by atoms with Crippen molar-refractivity contribution in [3.8, 4) is 50.2 Å². The van der Waals surface area contributed by atoms with Crippen LogP contribution in [0.1, 0.15) is 28.5 Å². The van der Waals surface area contributed by atoms with E-state index in [0.29, 0.717) is 20.6 Å². The van der Waals surface area contributed by atoms with E-state index in [4.69, 9.17) is 9.97 Å². The summed E-state index contributed by atoms with van der Waals surface area (Å²) in [6, 6.07) is 29.3. The summed E-state index contributed by atoms with van der Waals surface area (Å²) in [5, 5.41) is 9.41. The van der Waals surface area contributed by atoms with Crippen molar-refractivity contribution < 1.29 is 23.3 Å². The summed E-state index contributed by atoms with van der Waals surface area (Å²) in [6.07, 6.45) is 22.5. The van der Waals surface area contributed by atoms with Gasteiger partial charge in [-0.1, -0.05) is 17.3 Å². The number of fused-ring (bicyclic) bond motifs is 8. The molecule has 2 amide bonds. The Morgan fingerprint density at radius 2 is 0.896 bits per heavy atom. The summed E-state index contributed by atoms with van der Waals surface area (Å²) in [5.74, 6) is -0.527. The normalized spacial score (nSPS) is 14.2. The number of thioether (sulfide) groups is 2. The van der Waals surface area contributed by atoms with E-state index in [-0.39, 0.29) is 18.4 Å². The number of hydrogen-bond donors (Lipinski definition) is 2. The summed E-state index contributed by atoms with van der Waals surface area (Å²) >= 11 is 2.83. The van der Waals surface area contributed by atoms with Gasteiger partial charge in [0.2, 0.25) is 0 Å². The van der Waals surface area contributed by atoms with Crippen molar-refractivity contribution in [1.29, 1.82) is 0 Å². The molecular weight excluding hydrogens is 875 g/mol. The van der Waals surface area contributed by atoms with Crippen LogP contribution in [0.3, 0.4) is 0 Å².